The van der Waals surface area contributed by atoms with Crippen molar-refractivity contribution >= 4 is 28.6 Å². The third-order valence-corrected chi connectivity index (χ3v) is 2.18. The molecule has 0 radical (unpaired) electrons. The van der Waals surface area contributed by atoms with Gasteiger partial charge in [-0.2, -0.15) is 0 Å². The number of fused-ring (bicyclic) bond motifs is 1. The standard InChI is InChI=1S/C11H7ClO3/c12-15-14-11(13)10-7-3-5-8-4-1-2-6-9(8)10/h1-7H. The molecule has 0 aliphatic carbocycles. The summed E-state index contributed by atoms with van der Waals surface area (Å²) in [6, 6.07) is 12.8. The maximum Gasteiger partial charge on any atom is 0.375 e. The number of carbonyl (C=O) groups is 1. The summed E-state index contributed by atoms with van der Waals surface area (Å²) in [7, 11) is 0. The van der Waals surface area contributed by atoms with Gasteiger partial charge < -0.3 is 0 Å². The number of carbonyl (C=O) groups excluding carboxylic acids is 1. The van der Waals surface area contributed by atoms with Crippen LogP contribution in [-0.2, 0) is 9.33 Å². The van der Waals surface area contributed by atoms with E-state index in [2.05, 4.69) is 9.33 Å². The molecule has 0 N–H and O–H groups in total. The third kappa shape index (κ3) is 1.93. The van der Waals surface area contributed by atoms with Crippen LogP contribution >= 0.6 is 11.9 Å². The Labute approximate surface area is 91.3 Å². The number of hydrogen-bond donors (Lipinski definition) is 0. The first-order chi connectivity index (χ1) is 7.33. The molecule has 76 valence electrons. The smallest absolute Gasteiger partial charge is 0.275 e. The molecule has 0 atom stereocenters. The average Bonchev–Trinajstić information content (AvgIpc) is 2.28. The molecular formula is C11H7ClO3. The van der Waals surface area contributed by atoms with Gasteiger partial charge in [0.15, 0.2) is 0 Å². The van der Waals surface area contributed by atoms with Gasteiger partial charge in [-0.05, 0) is 16.8 Å². The van der Waals surface area contributed by atoms with Crippen LogP contribution in [0.5, 0.6) is 0 Å². The van der Waals surface area contributed by atoms with E-state index in [9.17, 15) is 4.79 Å². The van der Waals surface area contributed by atoms with Gasteiger partial charge >= 0.3 is 5.97 Å². The Bertz CT molecular complexity index is 491. The van der Waals surface area contributed by atoms with E-state index in [1.54, 1.807) is 12.1 Å². The zero-order chi connectivity index (χ0) is 10.7. The highest BCUT2D eigenvalue weighted by Crippen LogP contribution is 2.19. The average molecular weight is 223 g/mol. The fraction of sp³-hybridized carbons (Fsp3) is 0. The topological polar surface area (TPSA) is 35.5 Å². The fourth-order valence-corrected chi connectivity index (χ4v) is 1.53. The lowest BCUT2D eigenvalue weighted by atomic mass is 10.1. The zero-order valence-corrected chi connectivity index (χ0v) is 8.40. The second-order valence-corrected chi connectivity index (χ2v) is 3.09. The van der Waals surface area contributed by atoms with Crippen LogP contribution in [-0.4, -0.2) is 5.97 Å². The van der Waals surface area contributed by atoms with Crippen molar-refractivity contribution in [1.29, 1.82) is 0 Å². The molecule has 0 heterocycles. The molecule has 0 unspecified atom stereocenters. The van der Waals surface area contributed by atoms with E-state index < -0.39 is 5.97 Å². The summed E-state index contributed by atoms with van der Waals surface area (Å²) >= 11 is 4.85. The molecule has 0 aromatic heterocycles. The van der Waals surface area contributed by atoms with Gasteiger partial charge in [0.1, 0.15) is 11.9 Å². The van der Waals surface area contributed by atoms with E-state index in [1.807, 2.05) is 30.3 Å². The summed E-state index contributed by atoms with van der Waals surface area (Å²) in [5.74, 6) is -0.609. The zero-order valence-electron chi connectivity index (χ0n) is 7.64. The van der Waals surface area contributed by atoms with Crippen molar-refractivity contribution in [3.8, 4) is 0 Å². The summed E-state index contributed by atoms with van der Waals surface area (Å²) in [5, 5.41) is 1.76. The van der Waals surface area contributed by atoms with Gasteiger partial charge in [-0.25, -0.2) is 4.79 Å². The van der Waals surface area contributed by atoms with Gasteiger partial charge in [-0.15, -0.1) is 0 Å². The van der Waals surface area contributed by atoms with Crippen molar-refractivity contribution in [3.05, 3.63) is 48.0 Å². The Morgan fingerprint density at radius 3 is 2.60 bits per heavy atom. The van der Waals surface area contributed by atoms with Crippen LogP contribution in [0.4, 0.5) is 0 Å². The van der Waals surface area contributed by atoms with Crippen molar-refractivity contribution in [2.75, 3.05) is 0 Å². The number of benzene rings is 2. The molecule has 3 nitrogen and oxygen atoms in total. The molecule has 0 aliphatic heterocycles. The van der Waals surface area contributed by atoms with Crippen LogP contribution in [0, 0.1) is 0 Å². The molecule has 0 saturated heterocycles. The molecule has 0 saturated carbocycles. The Kier molecular flexibility index (Phi) is 2.85. The first-order valence-electron chi connectivity index (χ1n) is 4.30. The van der Waals surface area contributed by atoms with Crippen LogP contribution in [0.25, 0.3) is 10.8 Å². The minimum absolute atomic E-state index is 0.425. The van der Waals surface area contributed by atoms with Gasteiger partial charge in [-0.1, -0.05) is 40.8 Å². The van der Waals surface area contributed by atoms with Crippen LogP contribution in [0.2, 0.25) is 0 Å². The normalized spacial score (nSPS) is 10.2. The van der Waals surface area contributed by atoms with Gasteiger partial charge in [0, 0.05) is 0 Å². The van der Waals surface area contributed by atoms with Crippen molar-refractivity contribution in [2.45, 2.75) is 0 Å². The molecule has 0 bridgehead atoms. The summed E-state index contributed by atoms with van der Waals surface area (Å²) < 4.78 is 3.83. The predicted molar refractivity (Wildman–Crippen MR) is 56.3 cm³/mol. The van der Waals surface area contributed by atoms with Crippen molar-refractivity contribution in [3.63, 3.8) is 0 Å². The minimum Gasteiger partial charge on any atom is -0.275 e. The highest BCUT2D eigenvalue weighted by Gasteiger charge is 2.11. The highest BCUT2D eigenvalue weighted by atomic mass is 35.5. The van der Waals surface area contributed by atoms with Crippen LogP contribution < -0.4 is 0 Å². The van der Waals surface area contributed by atoms with E-state index in [-0.39, 0.29) is 0 Å². The predicted octanol–water partition coefficient (Wildman–Crippen LogP) is 3.08. The van der Waals surface area contributed by atoms with Crippen molar-refractivity contribution in [1.82, 2.24) is 0 Å². The molecule has 2 rings (SSSR count). The molecule has 0 spiro atoms. The summed E-state index contributed by atoms with van der Waals surface area (Å²) in [5.41, 5.74) is 0.425. The molecule has 0 fully saturated rings. The summed E-state index contributed by atoms with van der Waals surface area (Å²) in [6.45, 7) is 0. The third-order valence-electron chi connectivity index (χ3n) is 2.12. The molecule has 4 heteroatoms. The molecular weight excluding hydrogens is 216 g/mol. The SMILES string of the molecule is O=C(OOCl)c1cccc2ccccc12. The summed E-state index contributed by atoms with van der Waals surface area (Å²) in [4.78, 5) is 15.7. The van der Waals surface area contributed by atoms with Gasteiger partial charge in [0.2, 0.25) is 0 Å². The lowest BCUT2D eigenvalue weighted by Crippen LogP contribution is -2.02. The van der Waals surface area contributed by atoms with Crippen molar-refractivity contribution in [2.24, 2.45) is 0 Å². The van der Waals surface area contributed by atoms with E-state index in [1.165, 1.54) is 0 Å². The summed E-state index contributed by atoms with van der Waals surface area (Å²) in [6.07, 6.45) is 0. The largest absolute Gasteiger partial charge is 0.375 e. The van der Waals surface area contributed by atoms with E-state index in [4.69, 9.17) is 11.9 Å². The van der Waals surface area contributed by atoms with E-state index >= 15 is 0 Å². The molecule has 0 aliphatic rings. The quantitative estimate of drug-likeness (QED) is 0.579. The van der Waals surface area contributed by atoms with Crippen molar-refractivity contribution < 1.29 is 14.1 Å². The van der Waals surface area contributed by atoms with Crippen LogP contribution in [0.3, 0.4) is 0 Å². The van der Waals surface area contributed by atoms with E-state index in [0.29, 0.717) is 5.56 Å². The Balaban J connectivity index is 2.56. The molecule has 15 heavy (non-hydrogen) atoms. The first-order valence-corrected chi connectivity index (χ1v) is 4.61. The lowest BCUT2D eigenvalue weighted by molar-refractivity contribution is -0.143. The molecule has 2 aromatic carbocycles. The Morgan fingerprint density at radius 1 is 1.07 bits per heavy atom. The number of rotatable bonds is 2. The monoisotopic (exact) mass is 222 g/mol. The second kappa shape index (κ2) is 4.29. The minimum atomic E-state index is -0.609. The van der Waals surface area contributed by atoms with Gasteiger partial charge in [0.25, 0.3) is 0 Å². The lowest BCUT2D eigenvalue weighted by Gasteiger charge is -2.02. The number of halogens is 1. The van der Waals surface area contributed by atoms with E-state index in [0.717, 1.165) is 10.8 Å². The molecule has 2 aromatic rings. The van der Waals surface area contributed by atoms with Crippen LogP contribution in [0.1, 0.15) is 10.4 Å². The van der Waals surface area contributed by atoms with Gasteiger partial charge in [-0.3, -0.25) is 4.89 Å². The Morgan fingerprint density at radius 2 is 1.80 bits per heavy atom. The maximum atomic E-state index is 11.4. The highest BCUT2D eigenvalue weighted by molar-refractivity contribution is 6.08. The molecule has 0 amide bonds. The Hall–Kier alpha value is -1.58. The fourth-order valence-electron chi connectivity index (χ4n) is 1.48. The number of hydrogen-bond acceptors (Lipinski definition) is 3. The second-order valence-electron chi connectivity index (χ2n) is 2.96. The van der Waals surface area contributed by atoms with Gasteiger partial charge in [0.05, 0.1) is 5.56 Å². The first kappa shape index (κ1) is 9.96. The maximum absolute atomic E-state index is 11.4. The van der Waals surface area contributed by atoms with Crippen LogP contribution in [0.15, 0.2) is 42.5 Å².